The van der Waals surface area contributed by atoms with Crippen LogP contribution >= 0.6 is 0 Å². The fourth-order valence-corrected chi connectivity index (χ4v) is 2.13. The minimum absolute atomic E-state index is 0.664. The summed E-state index contributed by atoms with van der Waals surface area (Å²) in [7, 11) is 3.43. The predicted molar refractivity (Wildman–Crippen MR) is 72.6 cm³/mol. The van der Waals surface area contributed by atoms with E-state index in [-0.39, 0.29) is 0 Å². The maximum Gasteiger partial charge on any atom is 0.233 e. The third kappa shape index (κ3) is 1.81. The minimum Gasteiger partial charge on any atom is -0.399 e. The van der Waals surface area contributed by atoms with E-state index < -0.39 is 0 Å². The van der Waals surface area contributed by atoms with Crippen molar-refractivity contribution in [3.63, 3.8) is 0 Å². The molecule has 3 rings (SSSR count). The van der Waals surface area contributed by atoms with Gasteiger partial charge in [0.1, 0.15) is 25.3 Å². The molecule has 0 N–H and O–H groups in total. The zero-order chi connectivity index (χ0) is 14.1. The molecule has 0 atom stereocenters. The largest absolute Gasteiger partial charge is 0.399 e. The van der Waals surface area contributed by atoms with E-state index in [0.717, 1.165) is 22.3 Å². The molecule has 0 aliphatic heterocycles. The van der Waals surface area contributed by atoms with Gasteiger partial charge in [-0.2, -0.15) is 9.78 Å². The second-order valence-corrected chi connectivity index (χ2v) is 4.22. The Morgan fingerprint density at radius 2 is 2.15 bits per heavy atom. The second kappa shape index (κ2) is 4.72. The molecule has 0 saturated heterocycles. The van der Waals surface area contributed by atoms with E-state index in [4.69, 9.17) is 4.84 Å². The lowest BCUT2D eigenvalue weighted by atomic mass is 10.1. The number of hydrogen-bond acceptors (Lipinski definition) is 6. The molecule has 8 heteroatoms. The number of nitrogens with zero attached hydrogens (tertiary/aromatic N) is 7. The van der Waals surface area contributed by atoms with Gasteiger partial charge in [0, 0.05) is 18.8 Å². The van der Waals surface area contributed by atoms with Crippen molar-refractivity contribution in [1.29, 1.82) is 0 Å². The molecule has 8 nitrogen and oxygen atoms in total. The van der Waals surface area contributed by atoms with E-state index in [1.807, 2.05) is 18.5 Å². The summed E-state index contributed by atoms with van der Waals surface area (Å²) in [6.07, 6.45) is 6.52. The molecule has 0 saturated carbocycles. The van der Waals surface area contributed by atoms with Crippen LogP contribution in [0.2, 0.25) is 0 Å². The van der Waals surface area contributed by atoms with Gasteiger partial charge in [-0.1, -0.05) is 5.16 Å². The number of aromatic nitrogens is 6. The zero-order valence-corrected chi connectivity index (χ0v) is 11.3. The van der Waals surface area contributed by atoms with Crippen LogP contribution in [0.3, 0.4) is 0 Å². The fraction of sp³-hybridized carbons (Fsp3) is 0.250. The molecule has 3 aromatic rings. The molecule has 3 aromatic heterocycles. The number of aryl methyl sites for hydroxylation is 1. The number of fused-ring (bicyclic) bond motifs is 1. The van der Waals surface area contributed by atoms with Crippen molar-refractivity contribution in [2.45, 2.75) is 6.92 Å². The van der Waals surface area contributed by atoms with E-state index in [1.165, 1.54) is 13.4 Å². The quantitative estimate of drug-likeness (QED) is 0.522. The van der Waals surface area contributed by atoms with Crippen LogP contribution in [-0.2, 0) is 11.9 Å². The van der Waals surface area contributed by atoms with Crippen LogP contribution in [-0.4, -0.2) is 42.1 Å². The molecule has 20 heavy (non-hydrogen) atoms. The minimum atomic E-state index is 0.664. The number of pyridine rings is 1. The first-order chi connectivity index (χ1) is 9.72. The summed E-state index contributed by atoms with van der Waals surface area (Å²) < 4.78 is 3.53. The number of rotatable bonds is 3. The van der Waals surface area contributed by atoms with E-state index in [0.29, 0.717) is 5.95 Å². The van der Waals surface area contributed by atoms with Crippen LogP contribution in [0.15, 0.2) is 30.2 Å². The third-order valence-electron chi connectivity index (χ3n) is 3.00. The molecule has 0 amide bonds. The van der Waals surface area contributed by atoms with Crippen LogP contribution in [0.1, 0.15) is 12.5 Å². The van der Waals surface area contributed by atoms with Crippen LogP contribution in [0.25, 0.3) is 17.0 Å². The van der Waals surface area contributed by atoms with Gasteiger partial charge >= 0.3 is 0 Å². The fourth-order valence-electron chi connectivity index (χ4n) is 2.13. The first kappa shape index (κ1) is 12.3. The Balaban J connectivity index is 2.27. The Hall–Kier alpha value is -2.77. The van der Waals surface area contributed by atoms with Crippen molar-refractivity contribution in [1.82, 2.24) is 29.3 Å². The summed E-state index contributed by atoms with van der Waals surface area (Å²) in [5.74, 6) is 0.664. The number of imidazole rings is 1. The zero-order valence-electron chi connectivity index (χ0n) is 11.3. The smallest absolute Gasteiger partial charge is 0.233 e. The molecule has 0 aliphatic carbocycles. The molecule has 0 aromatic carbocycles. The van der Waals surface area contributed by atoms with E-state index in [1.54, 1.807) is 23.4 Å². The van der Waals surface area contributed by atoms with Gasteiger partial charge in [-0.15, -0.1) is 0 Å². The van der Waals surface area contributed by atoms with Gasteiger partial charge in [0.25, 0.3) is 0 Å². The maximum absolute atomic E-state index is 4.83. The molecule has 0 spiro atoms. The maximum atomic E-state index is 4.83. The molecule has 0 bridgehead atoms. The average Bonchev–Trinajstić information content (AvgIpc) is 3.07. The predicted octanol–water partition coefficient (Wildman–Crippen LogP) is 0.919. The Kier molecular flexibility index (Phi) is 2.90. The summed E-state index contributed by atoms with van der Waals surface area (Å²) in [6.45, 7) is 1.86. The molecule has 0 aliphatic rings. The van der Waals surface area contributed by atoms with E-state index in [2.05, 4.69) is 25.2 Å². The molecular formula is C12H13N7O. The highest BCUT2D eigenvalue weighted by Gasteiger charge is 2.15. The second-order valence-electron chi connectivity index (χ2n) is 4.22. The summed E-state index contributed by atoms with van der Waals surface area (Å²) >= 11 is 0. The van der Waals surface area contributed by atoms with Gasteiger partial charge in [0.2, 0.25) is 5.95 Å². The van der Waals surface area contributed by atoms with Gasteiger partial charge in [0.15, 0.2) is 0 Å². The van der Waals surface area contributed by atoms with E-state index in [9.17, 15) is 0 Å². The third-order valence-corrected chi connectivity index (χ3v) is 3.00. The monoisotopic (exact) mass is 271 g/mol. The molecule has 3 heterocycles. The highest BCUT2D eigenvalue weighted by Crippen LogP contribution is 2.20. The molecule has 0 unspecified atom stereocenters. The Bertz CT molecular complexity index is 773. The summed E-state index contributed by atoms with van der Waals surface area (Å²) in [5.41, 5.74) is 3.29. The van der Waals surface area contributed by atoms with Crippen molar-refractivity contribution in [2.75, 3.05) is 7.11 Å². The van der Waals surface area contributed by atoms with Crippen molar-refractivity contribution in [2.24, 2.45) is 12.2 Å². The number of oxime groups is 1. The molecule has 102 valence electrons. The van der Waals surface area contributed by atoms with Crippen molar-refractivity contribution in [3.8, 4) is 5.95 Å². The lowest BCUT2D eigenvalue weighted by molar-refractivity contribution is 0.213. The van der Waals surface area contributed by atoms with Gasteiger partial charge in [-0.25, -0.2) is 9.97 Å². The van der Waals surface area contributed by atoms with Crippen LogP contribution < -0.4 is 0 Å². The highest BCUT2D eigenvalue weighted by molar-refractivity contribution is 6.07. The van der Waals surface area contributed by atoms with Gasteiger partial charge < -0.3 is 9.40 Å². The average molecular weight is 271 g/mol. The van der Waals surface area contributed by atoms with E-state index >= 15 is 0 Å². The van der Waals surface area contributed by atoms with Gasteiger partial charge in [0.05, 0.1) is 17.4 Å². The summed E-state index contributed by atoms with van der Waals surface area (Å²) in [4.78, 5) is 17.5. The lowest BCUT2D eigenvalue weighted by Gasteiger charge is -2.05. The van der Waals surface area contributed by atoms with Gasteiger partial charge in [-0.3, -0.25) is 4.98 Å². The topological polar surface area (TPSA) is 83.0 Å². The van der Waals surface area contributed by atoms with Crippen LogP contribution in [0.5, 0.6) is 0 Å². The van der Waals surface area contributed by atoms with Gasteiger partial charge in [-0.05, 0) is 6.92 Å². The normalized spacial score (nSPS) is 12.1. The van der Waals surface area contributed by atoms with Crippen molar-refractivity contribution < 1.29 is 4.84 Å². The standard InChI is InChI=1S/C12H13N7O/c1-8(17-20-3)9-4-13-5-10-11(9)18(2)12(16-10)19-7-14-6-15-19/h4-7H,1-3H3. The first-order valence-electron chi connectivity index (χ1n) is 5.96. The van der Waals surface area contributed by atoms with Crippen molar-refractivity contribution in [3.05, 3.63) is 30.6 Å². The Morgan fingerprint density at radius 3 is 2.85 bits per heavy atom. The molecule has 0 radical (unpaired) electrons. The lowest BCUT2D eigenvalue weighted by Crippen LogP contribution is -2.05. The number of hydrogen-bond donors (Lipinski definition) is 0. The molecular weight excluding hydrogens is 258 g/mol. The first-order valence-corrected chi connectivity index (χ1v) is 5.96. The SMILES string of the molecule is CON=C(C)c1cncc2nc(-n3cncn3)n(C)c12. The van der Waals surface area contributed by atoms with Crippen LogP contribution in [0.4, 0.5) is 0 Å². The van der Waals surface area contributed by atoms with Crippen LogP contribution in [0, 0.1) is 0 Å². The Morgan fingerprint density at radius 1 is 1.30 bits per heavy atom. The summed E-state index contributed by atoms with van der Waals surface area (Å²) in [6, 6.07) is 0. The molecule has 0 fully saturated rings. The van der Waals surface area contributed by atoms with Crippen molar-refractivity contribution >= 4 is 16.7 Å². The highest BCUT2D eigenvalue weighted by atomic mass is 16.6. The Labute approximate surface area is 114 Å². The summed E-state index contributed by atoms with van der Waals surface area (Å²) in [5, 5.41) is 8.06.